The number of hydrogen-bond acceptors (Lipinski definition) is 3. The maximum Gasteiger partial charge on any atom is 0.416 e. The summed E-state index contributed by atoms with van der Waals surface area (Å²) >= 11 is 0. The van der Waals surface area contributed by atoms with Gasteiger partial charge in [-0.1, -0.05) is 19.8 Å². The van der Waals surface area contributed by atoms with Crippen molar-refractivity contribution >= 4 is 23.5 Å². The number of urea groups is 1. The molecule has 1 aliphatic heterocycles. The van der Waals surface area contributed by atoms with E-state index in [1.54, 1.807) is 0 Å². The van der Waals surface area contributed by atoms with E-state index in [0.717, 1.165) is 48.4 Å². The molecular formula is C18H20F3N3O3. The average molecular weight is 383 g/mol. The first-order chi connectivity index (χ1) is 12.6. The molecule has 6 nitrogen and oxygen atoms in total. The summed E-state index contributed by atoms with van der Waals surface area (Å²) in [6.07, 6.45) is -1.30. The van der Waals surface area contributed by atoms with Gasteiger partial charge in [-0.3, -0.25) is 14.5 Å². The average Bonchev–Trinajstić information content (AvgIpc) is 2.82. The monoisotopic (exact) mass is 383 g/mol. The molecule has 1 saturated carbocycles. The summed E-state index contributed by atoms with van der Waals surface area (Å²) in [6.45, 7) is 1.42. The summed E-state index contributed by atoms with van der Waals surface area (Å²) in [5.74, 6) is -1.09. The van der Waals surface area contributed by atoms with Crippen molar-refractivity contribution in [2.24, 2.45) is 5.92 Å². The van der Waals surface area contributed by atoms with Crippen molar-refractivity contribution in [3.8, 4) is 0 Å². The molecule has 27 heavy (non-hydrogen) atoms. The number of benzene rings is 1. The van der Waals surface area contributed by atoms with Gasteiger partial charge in [0.05, 0.1) is 5.56 Å². The van der Waals surface area contributed by atoms with Gasteiger partial charge in [0.25, 0.3) is 5.91 Å². The molecule has 3 rings (SSSR count). The molecule has 2 fully saturated rings. The van der Waals surface area contributed by atoms with Gasteiger partial charge >= 0.3 is 12.2 Å². The highest BCUT2D eigenvalue weighted by molar-refractivity contribution is 6.10. The molecule has 1 aromatic carbocycles. The Kier molecular flexibility index (Phi) is 4.88. The van der Waals surface area contributed by atoms with Crippen LogP contribution in [0.25, 0.3) is 0 Å². The lowest BCUT2D eigenvalue weighted by atomic mass is 9.73. The fourth-order valence-corrected chi connectivity index (χ4v) is 3.73. The molecule has 4 amide bonds. The van der Waals surface area contributed by atoms with Crippen LogP contribution in [0.3, 0.4) is 0 Å². The van der Waals surface area contributed by atoms with Crippen molar-refractivity contribution in [1.82, 2.24) is 10.2 Å². The number of alkyl halides is 3. The molecule has 0 bridgehead atoms. The van der Waals surface area contributed by atoms with Gasteiger partial charge < -0.3 is 10.6 Å². The van der Waals surface area contributed by atoms with Gasteiger partial charge in [0.15, 0.2) is 0 Å². The van der Waals surface area contributed by atoms with Gasteiger partial charge in [-0.05, 0) is 43.0 Å². The summed E-state index contributed by atoms with van der Waals surface area (Å²) in [4.78, 5) is 38.1. The van der Waals surface area contributed by atoms with Crippen LogP contribution in [0.5, 0.6) is 0 Å². The van der Waals surface area contributed by atoms with Crippen molar-refractivity contribution in [3.63, 3.8) is 0 Å². The largest absolute Gasteiger partial charge is 0.416 e. The zero-order chi connectivity index (χ0) is 19.8. The number of carbonyl (C=O) groups excluding carboxylic acids is 3. The van der Waals surface area contributed by atoms with Gasteiger partial charge in [-0.25, -0.2) is 4.79 Å². The molecule has 0 aromatic heterocycles. The first kappa shape index (κ1) is 19.2. The summed E-state index contributed by atoms with van der Waals surface area (Å²) in [6, 6.07) is 3.33. The highest BCUT2D eigenvalue weighted by atomic mass is 19.4. The highest BCUT2D eigenvalue weighted by Crippen LogP contribution is 2.38. The predicted octanol–water partition coefficient (Wildman–Crippen LogP) is 3.14. The minimum atomic E-state index is -4.46. The number of hydrogen-bond donors (Lipinski definition) is 2. The molecule has 1 aromatic rings. The smallest absolute Gasteiger partial charge is 0.325 e. The standard InChI is InChI=1S/C18H20F3N3O3/c1-11-4-2-3-9-17(11)15(26)24(16(27)23-17)10-14(25)22-13-7-5-12(6-8-13)18(19,20)21/h5-8,11H,2-4,9-10H2,1H3,(H,22,25)(H,23,27)/t11-,17+/m0/s1. The first-order valence-corrected chi connectivity index (χ1v) is 8.75. The van der Waals surface area contributed by atoms with E-state index in [1.165, 1.54) is 0 Å². The van der Waals surface area contributed by atoms with Crippen LogP contribution in [-0.2, 0) is 15.8 Å². The van der Waals surface area contributed by atoms with E-state index in [9.17, 15) is 27.6 Å². The van der Waals surface area contributed by atoms with E-state index in [4.69, 9.17) is 0 Å². The lowest BCUT2D eigenvalue weighted by Crippen LogP contribution is -2.54. The second-order valence-corrected chi connectivity index (χ2v) is 7.06. The Bertz CT molecular complexity index is 763. The zero-order valence-electron chi connectivity index (χ0n) is 14.7. The molecule has 0 radical (unpaired) electrons. The fraction of sp³-hybridized carbons (Fsp3) is 0.500. The van der Waals surface area contributed by atoms with Crippen molar-refractivity contribution in [2.75, 3.05) is 11.9 Å². The van der Waals surface area contributed by atoms with E-state index < -0.39 is 41.7 Å². The second-order valence-electron chi connectivity index (χ2n) is 7.06. The van der Waals surface area contributed by atoms with Gasteiger partial charge in [-0.15, -0.1) is 0 Å². The number of carbonyl (C=O) groups is 3. The summed E-state index contributed by atoms with van der Waals surface area (Å²) < 4.78 is 37.7. The van der Waals surface area contributed by atoms with Crippen molar-refractivity contribution in [3.05, 3.63) is 29.8 Å². The number of nitrogens with zero attached hydrogens (tertiary/aromatic N) is 1. The molecule has 146 valence electrons. The van der Waals surface area contributed by atoms with Gasteiger partial charge in [0, 0.05) is 5.69 Å². The quantitative estimate of drug-likeness (QED) is 0.787. The summed E-state index contributed by atoms with van der Waals surface area (Å²) in [5, 5.41) is 5.16. The molecule has 2 N–H and O–H groups in total. The van der Waals surface area contributed by atoms with Crippen LogP contribution >= 0.6 is 0 Å². The van der Waals surface area contributed by atoms with Crippen LogP contribution < -0.4 is 10.6 Å². The number of halogens is 3. The van der Waals surface area contributed by atoms with E-state index in [0.29, 0.717) is 6.42 Å². The number of nitrogens with one attached hydrogen (secondary N) is 2. The Morgan fingerprint density at radius 2 is 1.93 bits per heavy atom. The van der Waals surface area contributed by atoms with Crippen LogP contribution in [0, 0.1) is 5.92 Å². The molecule has 1 saturated heterocycles. The van der Waals surface area contributed by atoms with E-state index in [1.807, 2.05) is 6.92 Å². The van der Waals surface area contributed by atoms with Gasteiger partial charge in [-0.2, -0.15) is 13.2 Å². The molecular weight excluding hydrogens is 363 g/mol. The van der Waals surface area contributed by atoms with Crippen LogP contribution in [0.4, 0.5) is 23.7 Å². The Morgan fingerprint density at radius 1 is 1.26 bits per heavy atom. The summed E-state index contributed by atoms with van der Waals surface area (Å²) in [5.41, 5.74) is -1.63. The van der Waals surface area contributed by atoms with Crippen LogP contribution in [-0.4, -0.2) is 34.8 Å². The predicted molar refractivity (Wildman–Crippen MR) is 90.7 cm³/mol. The lowest BCUT2D eigenvalue weighted by molar-refractivity contribution is -0.137. The Hall–Kier alpha value is -2.58. The minimum absolute atomic E-state index is 0.0225. The van der Waals surface area contributed by atoms with Crippen molar-refractivity contribution < 1.29 is 27.6 Å². The lowest BCUT2D eigenvalue weighted by Gasteiger charge is -2.36. The number of anilines is 1. The Morgan fingerprint density at radius 3 is 2.52 bits per heavy atom. The van der Waals surface area contributed by atoms with Crippen LogP contribution in [0.1, 0.15) is 38.2 Å². The molecule has 0 unspecified atom stereocenters. The van der Waals surface area contributed by atoms with Crippen molar-refractivity contribution in [1.29, 1.82) is 0 Å². The normalized spacial score (nSPS) is 25.6. The zero-order valence-corrected chi connectivity index (χ0v) is 14.7. The molecule has 1 heterocycles. The SMILES string of the molecule is C[C@H]1CCCC[C@@]12NC(=O)N(CC(=O)Nc1ccc(C(F)(F)F)cc1)C2=O. The molecule has 9 heteroatoms. The topological polar surface area (TPSA) is 78.5 Å². The number of rotatable bonds is 3. The maximum absolute atomic E-state index is 12.8. The first-order valence-electron chi connectivity index (χ1n) is 8.75. The molecule has 1 spiro atoms. The maximum atomic E-state index is 12.8. The minimum Gasteiger partial charge on any atom is -0.325 e. The van der Waals surface area contributed by atoms with E-state index >= 15 is 0 Å². The number of imide groups is 1. The fourth-order valence-electron chi connectivity index (χ4n) is 3.73. The van der Waals surface area contributed by atoms with E-state index in [2.05, 4.69) is 10.6 Å². The third kappa shape index (κ3) is 3.63. The summed E-state index contributed by atoms with van der Waals surface area (Å²) in [7, 11) is 0. The van der Waals surface area contributed by atoms with Gasteiger partial charge in [0.1, 0.15) is 12.1 Å². The van der Waals surface area contributed by atoms with Crippen molar-refractivity contribution in [2.45, 2.75) is 44.3 Å². The Balaban J connectivity index is 1.65. The Labute approximate surface area is 154 Å². The highest BCUT2D eigenvalue weighted by Gasteiger charge is 2.55. The second kappa shape index (κ2) is 6.86. The number of amides is 4. The van der Waals surface area contributed by atoms with Crippen LogP contribution in [0.15, 0.2) is 24.3 Å². The van der Waals surface area contributed by atoms with E-state index in [-0.39, 0.29) is 11.6 Å². The molecule has 1 aliphatic carbocycles. The third-order valence-corrected chi connectivity index (χ3v) is 5.30. The molecule has 2 aliphatic rings. The van der Waals surface area contributed by atoms with Crippen LogP contribution in [0.2, 0.25) is 0 Å². The molecule has 2 atom stereocenters. The third-order valence-electron chi connectivity index (χ3n) is 5.30. The van der Waals surface area contributed by atoms with Gasteiger partial charge in [0.2, 0.25) is 5.91 Å².